The van der Waals surface area contributed by atoms with Crippen molar-refractivity contribution in [3.8, 4) is 0 Å². The number of benzene rings is 2. The number of aliphatic hydroxyl groups is 2. The Bertz CT molecular complexity index is 378. The average molecular weight is 244 g/mol. The summed E-state index contributed by atoms with van der Waals surface area (Å²) in [5, 5.41) is 18.0. The van der Waals surface area contributed by atoms with E-state index in [1.807, 2.05) is 60.7 Å². The summed E-state index contributed by atoms with van der Waals surface area (Å²) in [5.74, 6) is 0. The largest absolute Gasteiger partial charge is 0.389 e. The summed E-state index contributed by atoms with van der Waals surface area (Å²) in [5.41, 5.74) is 1.94. The maximum absolute atomic E-state index is 9.02. The molecule has 0 fully saturated rings. The fourth-order valence-electron chi connectivity index (χ4n) is 1.46. The van der Waals surface area contributed by atoms with Crippen LogP contribution in [0.3, 0.4) is 0 Å². The first-order valence-electron chi connectivity index (χ1n) is 6.07. The third kappa shape index (κ3) is 5.13. The van der Waals surface area contributed by atoms with Gasteiger partial charge in [-0.25, -0.2) is 0 Å². The predicted molar refractivity (Wildman–Crippen MR) is 74.2 cm³/mol. The molecule has 2 aromatic carbocycles. The Morgan fingerprint density at radius 3 is 1.06 bits per heavy atom. The van der Waals surface area contributed by atoms with Crippen molar-refractivity contribution in [2.75, 3.05) is 0 Å². The summed E-state index contributed by atoms with van der Waals surface area (Å²) in [6.45, 7) is 3.52. The predicted octanol–water partition coefficient (Wildman–Crippen LogP) is 3.48. The Morgan fingerprint density at radius 1 is 0.611 bits per heavy atom. The van der Waals surface area contributed by atoms with E-state index in [4.69, 9.17) is 10.2 Å². The molecule has 0 unspecified atom stereocenters. The molecule has 2 atom stereocenters. The molecule has 0 bridgehead atoms. The molecule has 0 spiro atoms. The molecule has 0 radical (unpaired) electrons. The van der Waals surface area contributed by atoms with Gasteiger partial charge in [-0.05, 0) is 25.0 Å². The SMILES string of the molecule is C[C@H](O)c1ccccc1.C[C@H](O)c1ccccc1. The van der Waals surface area contributed by atoms with Crippen LogP contribution in [0.25, 0.3) is 0 Å². The summed E-state index contributed by atoms with van der Waals surface area (Å²) in [4.78, 5) is 0. The molecule has 0 aromatic heterocycles. The van der Waals surface area contributed by atoms with Crippen LogP contribution in [0.2, 0.25) is 0 Å². The van der Waals surface area contributed by atoms with E-state index in [2.05, 4.69) is 0 Å². The zero-order valence-corrected chi connectivity index (χ0v) is 10.8. The van der Waals surface area contributed by atoms with Crippen molar-refractivity contribution in [3.05, 3.63) is 71.8 Å². The third-order valence-electron chi connectivity index (χ3n) is 2.56. The van der Waals surface area contributed by atoms with E-state index < -0.39 is 0 Å². The Labute approximate surface area is 109 Å². The molecule has 2 nitrogen and oxygen atoms in total. The monoisotopic (exact) mass is 244 g/mol. The topological polar surface area (TPSA) is 40.5 Å². The van der Waals surface area contributed by atoms with Gasteiger partial charge in [0.1, 0.15) is 0 Å². The number of aliphatic hydroxyl groups excluding tert-OH is 2. The van der Waals surface area contributed by atoms with E-state index in [1.54, 1.807) is 13.8 Å². The van der Waals surface area contributed by atoms with Crippen molar-refractivity contribution in [1.82, 2.24) is 0 Å². The summed E-state index contributed by atoms with van der Waals surface area (Å²) in [7, 11) is 0. The van der Waals surface area contributed by atoms with Crippen molar-refractivity contribution in [2.45, 2.75) is 26.1 Å². The minimum absolute atomic E-state index is 0.341. The van der Waals surface area contributed by atoms with Crippen LogP contribution in [0.4, 0.5) is 0 Å². The minimum atomic E-state index is -0.341. The van der Waals surface area contributed by atoms with Gasteiger partial charge >= 0.3 is 0 Å². The fourth-order valence-corrected chi connectivity index (χ4v) is 1.46. The quantitative estimate of drug-likeness (QED) is 0.849. The highest BCUT2D eigenvalue weighted by molar-refractivity contribution is 5.16. The number of rotatable bonds is 2. The summed E-state index contributed by atoms with van der Waals surface area (Å²) < 4.78 is 0. The van der Waals surface area contributed by atoms with Crippen LogP contribution >= 0.6 is 0 Å². The molecule has 2 N–H and O–H groups in total. The van der Waals surface area contributed by atoms with Gasteiger partial charge in [0.25, 0.3) is 0 Å². The maximum Gasteiger partial charge on any atom is 0.0761 e. The second-order valence-electron chi connectivity index (χ2n) is 4.17. The van der Waals surface area contributed by atoms with E-state index in [9.17, 15) is 0 Å². The van der Waals surface area contributed by atoms with Gasteiger partial charge in [-0.3, -0.25) is 0 Å². The average Bonchev–Trinajstić information content (AvgIpc) is 2.41. The van der Waals surface area contributed by atoms with Crippen molar-refractivity contribution in [1.29, 1.82) is 0 Å². The zero-order chi connectivity index (χ0) is 13.4. The Kier molecular flexibility index (Phi) is 6.12. The lowest BCUT2D eigenvalue weighted by Gasteiger charge is -2.00. The highest BCUT2D eigenvalue weighted by atomic mass is 16.3. The second-order valence-corrected chi connectivity index (χ2v) is 4.17. The highest BCUT2D eigenvalue weighted by Crippen LogP contribution is 2.09. The van der Waals surface area contributed by atoms with Crippen LogP contribution in [0.5, 0.6) is 0 Å². The Balaban J connectivity index is 0.000000180. The van der Waals surface area contributed by atoms with E-state index >= 15 is 0 Å². The molecule has 2 rings (SSSR count). The van der Waals surface area contributed by atoms with Gasteiger partial charge in [0.05, 0.1) is 12.2 Å². The molecule has 18 heavy (non-hydrogen) atoms. The van der Waals surface area contributed by atoms with Gasteiger partial charge in [-0.2, -0.15) is 0 Å². The first-order valence-corrected chi connectivity index (χ1v) is 6.07. The lowest BCUT2D eigenvalue weighted by molar-refractivity contribution is 0.199. The number of hydrogen-bond acceptors (Lipinski definition) is 2. The maximum atomic E-state index is 9.02. The number of hydrogen-bond donors (Lipinski definition) is 2. The van der Waals surface area contributed by atoms with E-state index in [0.717, 1.165) is 11.1 Å². The van der Waals surface area contributed by atoms with E-state index in [1.165, 1.54) is 0 Å². The minimum Gasteiger partial charge on any atom is -0.389 e. The Hall–Kier alpha value is -1.64. The molecule has 0 amide bonds. The molecular formula is C16H20O2. The van der Waals surface area contributed by atoms with Crippen LogP contribution in [-0.4, -0.2) is 10.2 Å². The first-order chi connectivity index (χ1) is 8.61. The van der Waals surface area contributed by atoms with Gasteiger partial charge < -0.3 is 10.2 Å². The van der Waals surface area contributed by atoms with Crippen molar-refractivity contribution in [2.24, 2.45) is 0 Å². The highest BCUT2D eigenvalue weighted by Gasteiger charge is 1.95. The lowest BCUT2D eigenvalue weighted by atomic mass is 10.1. The third-order valence-corrected chi connectivity index (χ3v) is 2.56. The van der Waals surface area contributed by atoms with Crippen LogP contribution in [0, 0.1) is 0 Å². The molecule has 2 heteroatoms. The summed E-state index contributed by atoms with van der Waals surface area (Å²) in [6, 6.07) is 19.2. The summed E-state index contributed by atoms with van der Waals surface area (Å²) >= 11 is 0. The van der Waals surface area contributed by atoms with Crippen molar-refractivity contribution in [3.63, 3.8) is 0 Å². The van der Waals surface area contributed by atoms with Crippen LogP contribution in [0.1, 0.15) is 37.2 Å². The molecule has 0 aliphatic heterocycles. The van der Waals surface area contributed by atoms with Crippen molar-refractivity contribution < 1.29 is 10.2 Å². The molecule has 0 heterocycles. The molecule has 0 saturated carbocycles. The smallest absolute Gasteiger partial charge is 0.0761 e. The molecule has 0 aliphatic carbocycles. The van der Waals surface area contributed by atoms with Gasteiger partial charge in [0.2, 0.25) is 0 Å². The van der Waals surface area contributed by atoms with E-state index in [-0.39, 0.29) is 12.2 Å². The molecule has 0 aliphatic rings. The molecular weight excluding hydrogens is 224 g/mol. The fraction of sp³-hybridized carbons (Fsp3) is 0.250. The van der Waals surface area contributed by atoms with Gasteiger partial charge in [0.15, 0.2) is 0 Å². The molecule has 0 saturated heterocycles. The van der Waals surface area contributed by atoms with Crippen molar-refractivity contribution >= 4 is 0 Å². The van der Waals surface area contributed by atoms with Gasteiger partial charge in [-0.15, -0.1) is 0 Å². The first kappa shape index (κ1) is 14.4. The van der Waals surface area contributed by atoms with E-state index in [0.29, 0.717) is 0 Å². The van der Waals surface area contributed by atoms with Crippen LogP contribution < -0.4 is 0 Å². The lowest BCUT2D eigenvalue weighted by Crippen LogP contribution is -1.87. The van der Waals surface area contributed by atoms with Gasteiger partial charge in [0, 0.05) is 0 Å². The van der Waals surface area contributed by atoms with Crippen LogP contribution in [-0.2, 0) is 0 Å². The summed E-state index contributed by atoms with van der Waals surface area (Å²) in [6.07, 6.45) is -0.683. The zero-order valence-electron chi connectivity index (χ0n) is 10.8. The molecule has 96 valence electrons. The Morgan fingerprint density at radius 2 is 0.889 bits per heavy atom. The van der Waals surface area contributed by atoms with Gasteiger partial charge in [-0.1, -0.05) is 60.7 Å². The standard InChI is InChI=1S/2C8H10O/c2*1-7(9)8-5-3-2-4-6-8/h2*2-7,9H,1H3/t2*7-/m00/s1. The normalized spacial score (nSPS) is 13.1. The second kappa shape index (κ2) is 7.64. The van der Waals surface area contributed by atoms with Crippen LogP contribution in [0.15, 0.2) is 60.7 Å². The molecule has 2 aromatic rings.